The van der Waals surface area contributed by atoms with Gasteiger partial charge in [-0.3, -0.25) is 0 Å². The summed E-state index contributed by atoms with van der Waals surface area (Å²) >= 11 is 3.35. The Balaban J connectivity index is 1.52. The number of carbonyl (C=O) groups is 1. The number of nitrogens with zero attached hydrogens (tertiary/aromatic N) is 1. The number of halogens is 1. The molecule has 0 saturated carbocycles. The van der Waals surface area contributed by atoms with Crippen molar-refractivity contribution in [1.82, 2.24) is 4.31 Å². The monoisotopic (exact) mass is 469 g/mol. The van der Waals surface area contributed by atoms with Gasteiger partial charge in [-0.25, -0.2) is 13.2 Å². The number of benzene rings is 2. The van der Waals surface area contributed by atoms with E-state index < -0.39 is 16.0 Å². The standard InChI is InChI=1S/C19H20BrNO6S/c20-16-2-1-3-17(14-16)26-12-13-27-19(22)15-4-6-18(7-5-15)28(23,24)21-8-10-25-11-9-21/h1-7,14H,8-13H2. The van der Waals surface area contributed by atoms with E-state index in [2.05, 4.69) is 15.9 Å². The Kier molecular flexibility index (Phi) is 7.06. The fourth-order valence-electron chi connectivity index (χ4n) is 2.63. The van der Waals surface area contributed by atoms with Gasteiger partial charge in [-0.15, -0.1) is 0 Å². The van der Waals surface area contributed by atoms with Crippen molar-refractivity contribution in [3.8, 4) is 5.75 Å². The number of morpholine rings is 1. The van der Waals surface area contributed by atoms with Crippen molar-refractivity contribution in [2.45, 2.75) is 4.90 Å². The van der Waals surface area contributed by atoms with E-state index in [-0.39, 0.29) is 23.7 Å². The van der Waals surface area contributed by atoms with Crippen LogP contribution >= 0.6 is 15.9 Å². The van der Waals surface area contributed by atoms with Crippen molar-refractivity contribution in [1.29, 1.82) is 0 Å². The molecule has 0 spiro atoms. The molecule has 150 valence electrons. The molecule has 3 rings (SSSR count). The summed E-state index contributed by atoms with van der Waals surface area (Å²) in [6, 6.07) is 13.1. The molecule has 0 radical (unpaired) electrons. The SMILES string of the molecule is O=C(OCCOc1cccc(Br)c1)c1ccc(S(=O)(=O)N2CCOCC2)cc1. The molecule has 28 heavy (non-hydrogen) atoms. The molecular formula is C19H20BrNO6S. The zero-order chi connectivity index (χ0) is 20.0. The summed E-state index contributed by atoms with van der Waals surface area (Å²) in [7, 11) is -3.58. The van der Waals surface area contributed by atoms with Crippen molar-refractivity contribution in [2.24, 2.45) is 0 Å². The highest BCUT2D eigenvalue weighted by atomic mass is 79.9. The summed E-state index contributed by atoms with van der Waals surface area (Å²) < 4.78 is 43.3. The van der Waals surface area contributed by atoms with E-state index in [0.29, 0.717) is 32.1 Å². The lowest BCUT2D eigenvalue weighted by atomic mass is 10.2. The first-order valence-corrected chi connectivity index (χ1v) is 10.9. The van der Waals surface area contributed by atoms with Crippen LogP contribution in [0.4, 0.5) is 0 Å². The number of ether oxygens (including phenoxy) is 3. The number of rotatable bonds is 7. The Hall–Kier alpha value is -1.94. The largest absolute Gasteiger partial charge is 0.490 e. The predicted molar refractivity (Wildman–Crippen MR) is 106 cm³/mol. The van der Waals surface area contributed by atoms with Gasteiger partial charge >= 0.3 is 5.97 Å². The highest BCUT2D eigenvalue weighted by molar-refractivity contribution is 9.10. The van der Waals surface area contributed by atoms with Crippen molar-refractivity contribution < 1.29 is 27.4 Å². The molecule has 0 aromatic heterocycles. The molecule has 1 fully saturated rings. The number of carbonyl (C=O) groups excluding carboxylic acids is 1. The second kappa shape index (κ2) is 9.51. The van der Waals surface area contributed by atoms with Crippen LogP contribution in [0.15, 0.2) is 57.9 Å². The van der Waals surface area contributed by atoms with Crippen LogP contribution in [-0.2, 0) is 19.5 Å². The molecule has 2 aromatic carbocycles. The first-order chi connectivity index (χ1) is 13.5. The van der Waals surface area contributed by atoms with Crippen LogP contribution in [0.3, 0.4) is 0 Å². The van der Waals surface area contributed by atoms with E-state index in [1.807, 2.05) is 18.2 Å². The highest BCUT2D eigenvalue weighted by Gasteiger charge is 2.26. The summed E-state index contributed by atoms with van der Waals surface area (Å²) in [5.41, 5.74) is 0.281. The average Bonchev–Trinajstić information content (AvgIpc) is 2.72. The Morgan fingerprint density at radius 1 is 1.07 bits per heavy atom. The van der Waals surface area contributed by atoms with E-state index in [4.69, 9.17) is 14.2 Å². The fraction of sp³-hybridized carbons (Fsp3) is 0.316. The summed E-state index contributed by atoms with van der Waals surface area (Å²) in [6.45, 7) is 1.70. The van der Waals surface area contributed by atoms with Crippen LogP contribution in [0.2, 0.25) is 0 Å². The first kappa shape index (κ1) is 20.8. The molecule has 9 heteroatoms. The summed E-state index contributed by atoms with van der Waals surface area (Å²) in [4.78, 5) is 12.3. The van der Waals surface area contributed by atoms with Crippen LogP contribution in [0.25, 0.3) is 0 Å². The first-order valence-electron chi connectivity index (χ1n) is 8.70. The van der Waals surface area contributed by atoms with Gasteiger partial charge in [0.15, 0.2) is 0 Å². The second-order valence-corrected chi connectivity index (χ2v) is 8.84. The van der Waals surface area contributed by atoms with Crippen LogP contribution in [0.1, 0.15) is 10.4 Å². The molecule has 1 aliphatic rings. The Morgan fingerprint density at radius 3 is 2.46 bits per heavy atom. The quantitative estimate of drug-likeness (QED) is 0.457. The maximum Gasteiger partial charge on any atom is 0.338 e. The van der Waals surface area contributed by atoms with Gasteiger partial charge in [0.25, 0.3) is 0 Å². The van der Waals surface area contributed by atoms with Gasteiger partial charge < -0.3 is 14.2 Å². The fourth-order valence-corrected chi connectivity index (χ4v) is 4.42. The van der Waals surface area contributed by atoms with Gasteiger partial charge in [0.05, 0.1) is 23.7 Å². The Morgan fingerprint density at radius 2 is 1.79 bits per heavy atom. The third-order valence-corrected chi connectivity index (χ3v) is 6.49. The van der Waals surface area contributed by atoms with E-state index in [0.717, 1.165) is 4.47 Å². The van der Waals surface area contributed by atoms with Gasteiger partial charge in [-0.2, -0.15) is 4.31 Å². The zero-order valence-electron chi connectivity index (χ0n) is 15.0. The maximum atomic E-state index is 12.6. The second-order valence-electron chi connectivity index (χ2n) is 5.98. The number of esters is 1. The molecule has 0 aliphatic carbocycles. The molecule has 0 unspecified atom stereocenters. The minimum absolute atomic E-state index is 0.0825. The number of sulfonamides is 1. The van der Waals surface area contributed by atoms with Crippen LogP contribution in [0.5, 0.6) is 5.75 Å². The lowest BCUT2D eigenvalue weighted by Crippen LogP contribution is -2.40. The maximum absolute atomic E-state index is 12.6. The molecule has 7 nitrogen and oxygen atoms in total. The minimum atomic E-state index is -3.58. The van der Waals surface area contributed by atoms with Crippen LogP contribution < -0.4 is 4.74 Å². The molecule has 0 bridgehead atoms. The van der Waals surface area contributed by atoms with E-state index in [1.54, 1.807) is 6.07 Å². The van der Waals surface area contributed by atoms with Gasteiger partial charge in [-0.1, -0.05) is 22.0 Å². The Bertz CT molecular complexity index is 910. The van der Waals surface area contributed by atoms with Crippen molar-refractivity contribution >= 4 is 31.9 Å². The molecule has 1 aliphatic heterocycles. The lowest BCUT2D eigenvalue weighted by Gasteiger charge is -2.26. The third-order valence-electron chi connectivity index (χ3n) is 4.08. The normalized spacial score (nSPS) is 15.2. The number of hydrogen-bond donors (Lipinski definition) is 0. The van der Waals surface area contributed by atoms with Crippen molar-refractivity contribution in [2.75, 3.05) is 39.5 Å². The average molecular weight is 470 g/mol. The van der Waals surface area contributed by atoms with Gasteiger partial charge in [0.2, 0.25) is 10.0 Å². The third kappa shape index (κ3) is 5.32. The zero-order valence-corrected chi connectivity index (χ0v) is 17.4. The van der Waals surface area contributed by atoms with E-state index >= 15 is 0 Å². The van der Waals surface area contributed by atoms with Crippen molar-refractivity contribution in [3.63, 3.8) is 0 Å². The molecule has 0 atom stereocenters. The summed E-state index contributed by atoms with van der Waals surface area (Å²) in [6.07, 6.45) is 0. The molecule has 0 N–H and O–H groups in total. The summed E-state index contributed by atoms with van der Waals surface area (Å²) in [5, 5.41) is 0. The van der Waals surface area contributed by atoms with E-state index in [9.17, 15) is 13.2 Å². The summed E-state index contributed by atoms with van der Waals surface area (Å²) in [5.74, 6) is 0.135. The van der Waals surface area contributed by atoms with Crippen LogP contribution in [-0.4, -0.2) is 58.2 Å². The molecule has 1 saturated heterocycles. The molecule has 1 heterocycles. The number of hydrogen-bond acceptors (Lipinski definition) is 6. The molecule has 2 aromatic rings. The minimum Gasteiger partial charge on any atom is -0.490 e. The van der Waals surface area contributed by atoms with Gasteiger partial charge in [-0.05, 0) is 42.5 Å². The Labute approximate surface area is 172 Å². The highest BCUT2D eigenvalue weighted by Crippen LogP contribution is 2.19. The van der Waals surface area contributed by atoms with Gasteiger partial charge in [0.1, 0.15) is 19.0 Å². The van der Waals surface area contributed by atoms with Gasteiger partial charge in [0, 0.05) is 17.6 Å². The predicted octanol–water partition coefficient (Wildman–Crippen LogP) is 2.71. The lowest BCUT2D eigenvalue weighted by molar-refractivity contribution is 0.0450. The van der Waals surface area contributed by atoms with E-state index in [1.165, 1.54) is 28.6 Å². The smallest absolute Gasteiger partial charge is 0.338 e. The van der Waals surface area contributed by atoms with Crippen LogP contribution in [0, 0.1) is 0 Å². The van der Waals surface area contributed by atoms with Crippen molar-refractivity contribution in [3.05, 3.63) is 58.6 Å². The topological polar surface area (TPSA) is 82.1 Å². The molecular weight excluding hydrogens is 450 g/mol. The molecule has 0 amide bonds.